The highest BCUT2D eigenvalue weighted by atomic mass is 15.2. The lowest BCUT2D eigenvalue weighted by Gasteiger charge is -2.34. The van der Waals surface area contributed by atoms with Crippen molar-refractivity contribution in [1.29, 1.82) is 0 Å². The molecule has 3 heteroatoms. The van der Waals surface area contributed by atoms with Crippen molar-refractivity contribution in [2.24, 2.45) is 11.3 Å². The smallest absolute Gasteiger partial charge is 0.0223 e. The van der Waals surface area contributed by atoms with Crippen molar-refractivity contribution < 1.29 is 0 Å². The highest BCUT2D eigenvalue weighted by Crippen LogP contribution is 2.20. The molecule has 1 atom stereocenters. The molecule has 0 aliphatic carbocycles. The molecule has 0 amide bonds. The van der Waals surface area contributed by atoms with Crippen LogP contribution < -0.4 is 5.32 Å². The molecule has 1 N–H and O–H groups in total. The maximum absolute atomic E-state index is 3.61. The summed E-state index contributed by atoms with van der Waals surface area (Å²) in [4.78, 5) is 5.18. The van der Waals surface area contributed by atoms with Gasteiger partial charge in [-0.05, 0) is 50.9 Å². The van der Waals surface area contributed by atoms with Crippen LogP contribution in [0, 0.1) is 11.3 Å². The van der Waals surface area contributed by atoms with E-state index in [1.54, 1.807) is 0 Å². The summed E-state index contributed by atoms with van der Waals surface area (Å²) in [6.07, 6.45) is 2.76. The third kappa shape index (κ3) is 6.55. The predicted molar refractivity (Wildman–Crippen MR) is 89.3 cm³/mol. The van der Waals surface area contributed by atoms with E-state index < -0.39 is 0 Å². The van der Waals surface area contributed by atoms with Crippen LogP contribution in [0.1, 0.15) is 47.5 Å². The Morgan fingerprint density at radius 3 is 2.65 bits per heavy atom. The molecule has 0 bridgehead atoms. The number of likely N-dealkylation sites (N-methyl/N-ethyl adjacent to an activating group) is 2. The second-order valence-corrected chi connectivity index (χ2v) is 7.81. The van der Waals surface area contributed by atoms with E-state index in [-0.39, 0.29) is 0 Å². The van der Waals surface area contributed by atoms with Gasteiger partial charge in [-0.3, -0.25) is 4.90 Å². The summed E-state index contributed by atoms with van der Waals surface area (Å²) in [6, 6.07) is 0.782. The zero-order chi connectivity index (χ0) is 15.2. The zero-order valence-electron chi connectivity index (χ0n) is 14.7. The minimum absolute atomic E-state index is 0.347. The number of nitrogens with zero attached hydrogens (tertiary/aromatic N) is 2. The van der Waals surface area contributed by atoms with Gasteiger partial charge in [-0.25, -0.2) is 0 Å². The van der Waals surface area contributed by atoms with Gasteiger partial charge in [0, 0.05) is 25.7 Å². The Balaban J connectivity index is 2.30. The normalized spacial score (nSPS) is 21.3. The zero-order valence-corrected chi connectivity index (χ0v) is 14.7. The van der Waals surface area contributed by atoms with E-state index in [9.17, 15) is 0 Å². The van der Waals surface area contributed by atoms with Gasteiger partial charge >= 0.3 is 0 Å². The van der Waals surface area contributed by atoms with E-state index in [0.717, 1.165) is 25.0 Å². The molecule has 0 aromatic carbocycles. The summed E-state index contributed by atoms with van der Waals surface area (Å²) < 4.78 is 0. The first-order valence-electron chi connectivity index (χ1n) is 8.47. The average molecular weight is 284 g/mol. The lowest BCUT2D eigenvalue weighted by atomic mass is 9.92. The average Bonchev–Trinajstić information content (AvgIpc) is 2.74. The quantitative estimate of drug-likeness (QED) is 0.702. The lowest BCUT2D eigenvalue weighted by molar-refractivity contribution is 0.153. The van der Waals surface area contributed by atoms with Crippen LogP contribution in [0.5, 0.6) is 0 Å². The van der Waals surface area contributed by atoms with E-state index >= 15 is 0 Å². The van der Waals surface area contributed by atoms with Crippen LogP contribution in [0.15, 0.2) is 0 Å². The number of rotatable bonds is 9. The molecule has 0 saturated carbocycles. The van der Waals surface area contributed by atoms with E-state index in [1.807, 2.05) is 0 Å². The van der Waals surface area contributed by atoms with Crippen molar-refractivity contribution in [2.75, 3.05) is 46.3 Å². The van der Waals surface area contributed by atoms with Crippen molar-refractivity contribution in [3.63, 3.8) is 0 Å². The van der Waals surface area contributed by atoms with Gasteiger partial charge < -0.3 is 10.2 Å². The van der Waals surface area contributed by atoms with Crippen molar-refractivity contribution in [1.82, 2.24) is 15.1 Å². The first kappa shape index (κ1) is 17.9. The molecule has 0 radical (unpaired) electrons. The van der Waals surface area contributed by atoms with Crippen LogP contribution >= 0.6 is 0 Å². The molecule has 1 rings (SSSR count). The monoisotopic (exact) mass is 283 g/mol. The van der Waals surface area contributed by atoms with Crippen molar-refractivity contribution in [3.8, 4) is 0 Å². The van der Waals surface area contributed by atoms with E-state index in [0.29, 0.717) is 5.41 Å². The second-order valence-electron chi connectivity index (χ2n) is 7.81. The maximum Gasteiger partial charge on any atom is 0.0223 e. The first-order valence-corrected chi connectivity index (χ1v) is 8.47. The van der Waals surface area contributed by atoms with Gasteiger partial charge in [0.1, 0.15) is 0 Å². The number of hydrogen-bond acceptors (Lipinski definition) is 3. The van der Waals surface area contributed by atoms with Gasteiger partial charge in [-0.15, -0.1) is 0 Å². The van der Waals surface area contributed by atoms with Crippen molar-refractivity contribution >= 4 is 0 Å². The van der Waals surface area contributed by atoms with Crippen LogP contribution in [0.3, 0.4) is 0 Å². The first-order chi connectivity index (χ1) is 9.34. The fourth-order valence-electron chi connectivity index (χ4n) is 3.43. The Kier molecular flexibility index (Phi) is 7.49. The maximum atomic E-state index is 3.61. The van der Waals surface area contributed by atoms with E-state index in [2.05, 4.69) is 56.8 Å². The topological polar surface area (TPSA) is 18.5 Å². The van der Waals surface area contributed by atoms with E-state index in [1.165, 1.54) is 39.0 Å². The summed E-state index contributed by atoms with van der Waals surface area (Å²) in [5.41, 5.74) is 0.347. The van der Waals surface area contributed by atoms with Gasteiger partial charge in [0.2, 0.25) is 0 Å². The molecule has 20 heavy (non-hydrogen) atoms. The molecule has 1 saturated heterocycles. The largest absolute Gasteiger partial charge is 0.316 e. The molecule has 1 aliphatic heterocycles. The van der Waals surface area contributed by atoms with Crippen LogP contribution in [-0.2, 0) is 0 Å². The highest BCUT2D eigenvalue weighted by Gasteiger charge is 2.26. The third-order valence-electron chi connectivity index (χ3n) is 4.28. The SMILES string of the molecule is CCN1CCCC1CN(C)CC(C)(C)CNCC(C)C. The summed E-state index contributed by atoms with van der Waals surface area (Å²) in [5.74, 6) is 0.736. The Morgan fingerprint density at radius 2 is 2.05 bits per heavy atom. The second kappa shape index (κ2) is 8.35. The van der Waals surface area contributed by atoms with E-state index in [4.69, 9.17) is 0 Å². The summed E-state index contributed by atoms with van der Waals surface area (Å²) >= 11 is 0. The van der Waals surface area contributed by atoms with Gasteiger partial charge in [0.15, 0.2) is 0 Å². The highest BCUT2D eigenvalue weighted by molar-refractivity contribution is 4.83. The van der Waals surface area contributed by atoms with Crippen LogP contribution in [0.2, 0.25) is 0 Å². The molecule has 1 unspecified atom stereocenters. The number of likely N-dealkylation sites (tertiary alicyclic amines) is 1. The number of hydrogen-bond donors (Lipinski definition) is 1. The number of nitrogens with one attached hydrogen (secondary N) is 1. The molecular weight excluding hydrogens is 246 g/mol. The Hall–Kier alpha value is -0.120. The summed E-state index contributed by atoms with van der Waals surface area (Å²) in [6.45, 7) is 18.7. The predicted octanol–water partition coefficient (Wildman–Crippen LogP) is 2.67. The third-order valence-corrected chi connectivity index (χ3v) is 4.28. The minimum Gasteiger partial charge on any atom is -0.316 e. The molecule has 120 valence electrons. The fourth-order valence-corrected chi connectivity index (χ4v) is 3.43. The van der Waals surface area contributed by atoms with Gasteiger partial charge in [0.05, 0.1) is 0 Å². The molecule has 0 aromatic rings. The van der Waals surface area contributed by atoms with Crippen LogP contribution in [0.25, 0.3) is 0 Å². The van der Waals surface area contributed by atoms with Gasteiger partial charge in [-0.1, -0.05) is 34.6 Å². The van der Waals surface area contributed by atoms with Crippen molar-refractivity contribution in [3.05, 3.63) is 0 Å². The Morgan fingerprint density at radius 1 is 1.35 bits per heavy atom. The summed E-state index contributed by atoms with van der Waals surface area (Å²) in [7, 11) is 2.29. The van der Waals surface area contributed by atoms with Crippen molar-refractivity contribution in [2.45, 2.75) is 53.5 Å². The molecule has 0 spiro atoms. The van der Waals surface area contributed by atoms with Crippen LogP contribution in [-0.4, -0.2) is 62.2 Å². The molecule has 0 aromatic heterocycles. The van der Waals surface area contributed by atoms with Crippen LogP contribution in [0.4, 0.5) is 0 Å². The Bertz CT molecular complexity index is 263. The Labute approximate surface area is 127 Å². The minimum atomic E-state index is 0.347. The molecule has 1 aliphatic rings. The van der Waals surface area contributed by atoms with Gasteiger partial charge in [-0.2, -0.15) is 0 Å². The standard InChI is InChI=1S/C17H37N3/c1-7-20-10-8-9-16(20)12-19(6)14-17(4,5)13-18-11-15(2)3/h15-16,18H,7-14H2,1-6H3. The molecular formula is C17H37N3. The lowest BCUT2D eigenvalue weighted by Crippen LogP contribution is -2.44. The molecule has 1 heterocycles. The van der Waals surface area contributed by atoms with Gasteiger partial charge in [0.25, 0.3) is 0 Å². The fraction of sp³-hybridized carbons (Fsp3) is 1.00. The molecule has 1 fully saturated rings. The molecule has 3 nitrogen and oxygen atoms in total. The summed E-state index contributed by atoms with van der Waals surface area (Å²) in [5, 5.41) is 3.61.